The predicted molar refractivity (Wildman–Crippen MR) is 122 cm³/mol. The third kappa shape index (κ3) is 4.58. The topological polar surface area (TPSA) is 80.9 Å². The van der Waals surface area contributed by atoms with Crippen molar-refractivity contribution >= 4 is 12.0 Å². The quantitative estimate of drug-likeness (QED) is 0.617. The van der Waals surface area contributed by atoms with Gasteiger partial charge in [-0.05, 0) is 71.2 Å². The molecule has 0 aliphatic heterocycles. The summed E-state index contributed by atoms with van der Waals surface area (Å²) in [5, 5.41) is 12.7. The number of allylic oxidation sites excluding steroid dienone is 6. The Morgan fingerprint density at radius 2 is 2.12 bits per heavy atom. The third-order valence-corrected chi connectivity index (χ3v) is 6.08. The summed E-state index contributed by atoms with van der Waals surface area (Å²) in [5.41, 5.74) is 4.50. The summed E-state index contributed by atoms with van der Waals surface area (Å²) < 4.78 is 30.0. The average molecular weight is 451 g/mol. The Hall–Kier alpha value is -3.74. The van der Waals surface area contributed by atoms with Crippen molar-refractivity contribution in [2.24, 2.45) is 5.92 Å². The van der Waals surface area contributed by atoms with Gasteiger partial charge in [0, 0.05) is 18.8 Å². The Kier molecular flexibility index (Phi) is 6.40. The van der Waals surface area contributed by atoms with E-state index in [0.717, 1.165) is 28.1 Å². The molecule has 172 valence electrons. The highest BCUT2D eigenvalue weighted by molar-refractivity contribution is 5.82. The molecule has 0 fully saturated rings. The molecule has 1 aromatic carbocycles. The number of carbonyl (C=O) groups excluding carboxylic acids is 1. The van der Waals surface area contributed by atoms with Gasteiger partial charge in [-0.25, -0.2) is 4.39 Å². The van der Waals surface area contributed by atoms with Gasteiger partial charge in [0.25, 0.3) is 0 Å². The number of phenolic OH excluding ortho intramolecular Hbond substituents is 1. The van der Waals surface area contributed by atoms with E-state index in [0.29, 0.717) is 24.3 Å². The number of fused-ring (bicyclic) bond motifs is 1. The molecule has 0 saturated carbocycles. The molecule has 2 aliphatic carbocycles. The molecule has 0 bridgehead atoms. The first-order valence-corrected chi connectivity index (χ1v) is 10.6. The fraction of sp³-hybridized carbons (Fsp3) is 0.269. The molecule has 2 N–H and O–H groups in total. The number of benzene rings is 1. The van der Waals surface area contributed by atoms with Crippen LogP contribution in [0.2, 0.25) is 0 Å². The molecular formula is C26H26FNO5. The molecule has 0 saturated heterocycles. The first-order valence-electron chi connectivity index (χ1n) is 10.6. The van der Waals surface area contributed by atoms with Crippen LogP contribution in [0.5, 0.6) is 11.5 Å². The van der Waals surface area contributed by atoms with Crippen molar-refractivity contribution in [2.45, 2.75) is 26.3 Å². The van der Waals surface area contributed by atoms with Crippen LogP contribution in [0.25, 0.3) is 6.08 Å². The minimum atomic E-state index is -0.755. The molecule has 7 heteroatoms. The minimum Gasteiger partial charge on any atom is -0.502 e. The van der Waals surface area contributed by atoms with E-state index in [-0.39, 0.29) is 24.0 Å². The summed E-state index contributed by atoms with van der Waals surface area (Å²) >= 11 is 0. The van der Waals surface area contributed by atoms with Crippen LogP contribution in [0.3, 0.4) is 0 Å². The normalized spacial score (nSPS) is 18.7. The fourth-order valence-corrected chi connectivity index (χ4v) is 4.35. The van der Waals surface area contributed by atoms with Crippen molar-refractivity contribution in [2.75, 3.05) is 14.2 Å². The summed E-state index contributed by atoms with van der Waals surface area (Å²) in [7, 11) is 3.01. The molecule has 1 amide bonds. The molecule has 2 aromatic rings. The standard InChI is InChI=1S/C26H26FNO5/c1-15-20(9-16-10-23(27)26(30)24(11-16)32-3)19-7-6-17(31-2)12-22(19)21(15)13-25(29)28-14-18-5-4-8-33-18/h4-11,22,30H,12-14H2,1-3H3,(H,28,29)/b20-9-. The summed E-state index contributed by atoms with van der Waals surface area (Å²) in [6, 6.07) is 6.44. The van der Waals surface area contributed by atoms with Gasteiger partial charge in [0.2, 0.25) is 5.91 Å². The van der Waals surface area contributed by atoms with Gasteiger partial charge < -0.3 is 24.3 Å². The van der Waals surface area contributed by atoms with Crippen molar-refractivity contribution in [1.29, 1.82) is 0 Å². The maximum Gasteiger partial charge on any atom is 0.224 e. The van der Waals surface area contributed by atoms with E-state index >= 15 is 0 Å². The monoisotopic (exact) mass is 451 g/mol. The van der Waals surface area contributed by atoms with E-state index in [1.165, 1.54) is 13.2 Å². The van der Waals surface area contributed by atoms with Gasteiger partial charge in [0.1, 0.15) is 5.76 Å². The van der Waals surface area contributed by atoms with E-state index in [9.17, 15) is 14.3 Å². The van der Waals surface area contributed by atoms with Gasteiger partial charge in [-0.3, -0.25) is 4.79 Å². The van der Waals surface area contributed by atoms with Crippen molar-refractivity contribution < 1.29 is 28.2 Å². The van der Waals surface area contributed by atoms with Crippen LogP contribution in [0.1, 0.15) is 31.1 Å². The molecule has 0 radical (unpaired) electrons. The number of hydrogen-bond acceptors (Lipinski definition) is 5. The Balaban J connectivity index is 1.67. The van der Waals surface area contributed by atoms with E-state index < -0.39 is 11.6 Å². The second kappa shape index (κ2) is 9.40. The number of carbonyl (C=O) groups is 1. The zero-order valence-electron chi connectivity index (χ0n) is 18.8. The Labute approximate surface area is 191 Å². The van der Waals surface area contributed by atoms with Crippen LogP contribution in [-0.4, -0.2) is 25.2 Å². The number of ether oxygens (including phenoxy) is 2. The number of amides is 1. The van der Waals surface area contributed by atoms with Gasteiger partial charge in [-0.2, -0.15) is 0 Å². The largest absolute Gasteiger partial charge is 0.502 e. The molecule has 1 aromatic heterocycles. The molecular weight excluding hydrogens is 425 g/mol. The second-order valence-electron chi connectivity index (χ2n) is 8.01. The summed E-state index contributed by atoms with van der Waals surface area (Å²) in [6.45, 7) is 2.30. The molecule has 1 heterocycles. The smallest absolute Gasteiger partial charge is 0.224 e. The number of rotatable bonds is 7. The summed E-state index contributed by atoms with van der Waals surface area (Å²) in [5.74, 6) is 0.205. The molecule has 0 spiro atoms. The van der Waals surface area contributed by atoms with Crippen molar-refractivity contribution in [3.63, 3.8) is 0 Å². The van der Waals surface area contributed by atoms with Crippen molar-refractivity contribution in [1.82, 2.24) is 5.32 Å². The van der Waals surface area contributed by atoms with Gasteiger partial charge in [0.05, 0.1) is 32.8 Å². The van der Waals surface area contributed by atoms with Crippen LogP contribution in [0, 0.1) is 11.7 Å². The predicted octanol–water partition coefficient (Wildman–Crippen LogP) is 5.03. The van der Waals surface area contributed by atoms with E-state index in [2.05, 4.69) is 5.32 Å². The van der Waals surface area contributed by atoms with E-state index in [1.54, 1.807) is 25.5 Å². The third-order valence-electron chi connectivity index (χ3n) is 6.08. The average Bonchev–Trinajstić information content (AvgIpc) is 3.42. The van der Waals surface area contributed by atoms with Gasteiger partial charge in [0.15, 0.2) is 17.3 Å². The lowest BCUT2D eigenvalue weighted by Gasteiger charge is -2.22. The molecule has 6 nitrogen and oxygen atoms in total. The lowest BCUT2D eigenvalue weighted by Crippen LogP contribution is -2.24. The number of hydrogen-bond donors (Lipinski definition) is 2. The summed E-state index contributed by atoms with van der Waals surface area (Å²) in [6.07, 6.45) is 8.22. The molecule has 1 unspecified atom stereocenters. The number of methoxy groups -OCH3 is 2. The Morgan fingerprint density at radius 3 is 2.82 bits per heavy atom. The highest BCUT2D eigenvalue weighted by Gasteiger charge is 2.35. The number of phenols is 1. The fourth-order valence-electron chi connectivity index (χ4n) is 4.35. The van der Waals surface area contributed by atoms with E-state index in [1.807, 2.05) is 31.2 Å². The zero-order valence-corrected chi connectivity index (χ0v) is 18.8. The van der Waals surface area contributed by atoms with Crippen LogP contribution in [-0.2, 0) is 16.1 Å². The molecule has 33 heavy (non-hydrogen) atoms. The molecule has 4 rings (SSSR count). The molecule has 1 atom stereocenters. The lowest BCUT2D eigenvalue weighted by atomic mass is 9.86. The molecule has 2 aliphatic rings. The van der Waals surface area contributed by atoms with E-state index in [4.69, 9.17) is 13.9 Å². The van der Waals surface area contributed by atoms with Crippen LogP contribution >= 0.6 is 0 Å². The Morgan fingerprint density at radius 1 is 1.30 bits per heavy atom. The number of nitrogens with one attached hydrogen (secondary N) is 1. The highest BCUT2D eigenvalue weighted by Crippen LogP contribution is 2.48. The van der Waals surface area contributed by atoms with Crippen LogP contribution in [0.4, 0.5) is 4.39 Å². The van der Waals surface area contributed by atoms with Gasteiger partial charge >= 0.3 is 0 Å². The zero-order chi connectivity index (χ0) is 23.5. The second-order valence-corrected chi connectivity index (χ2v) is 8.01. The van der Waals surface area contributed by atoms with Crippen molar-refractivity contribution in [3.05, 3.63) is 87.9 Å². The number of halogens is 1. The number of furan rings is 1. The van der Waals surface area contributed by atoms with Gasteiger partial charge in [-0.1, -0.05) is 6.08 Å². The minimum absolute atomic E-state index is 0.00517. The van der Waals surface area contributed by atoms with Gasteiger partial charge in [-0.15, -0.1) is 0 Å². The first kappa shape index (κ1) is 22.5. The SMILES string of the molecule is COC1=CC=C2/C(=C\c3cc(F)c(O)c(OC)c3)C(C)=C(CC(=O)NCc3ccco3)C2C1. The van der Waals surface area contributed by atoms with Crippen molar-refractivity contribution in [3.8, 4) is 11.5 Å². The Bertz CT molecular complexity index is 1190. The highest BCUT2D eigenvalue weighted by atomic mass is 19.1. The van der Waals surface area contributed by atoms with Crippen LogP contribution in [0.15, 0.2) is 75.1 Å². The maximum absolute atomic E-state index is 14.2. The van der Waals surface area contributed by atoms with Crippen LogP contribution < -0.4 is 10.1 Å². The first-order chi connectivity index (χ1) is 15.9. The maximum atomic E-state index is 14.2. The summed E-state index contributed by atoms with van der Waals surface area (Å²) in [4.78, 5) is 12.7. The lowest BCUT2D eigenvalue weighted by molar-refractivity contribution is -0.120. The number of aromatic hydroxyl groups is 1.